The zero-order valence-corrected chi connectivity index (χ0v) is 16.5. The topological polar surface area (TPSA) is 93.0 Å². The Bertz CT molecular complexity index is 1090. The van der Waals surface area contributed by atoms with E-state index < -0.39 is 0 Å². The highest BCUT2D eigenvalue weighted by Gasteiger charge is 2.31. The summed E-state index contributed by atoms with van der Waals surface area (Å²) in [6.07, 6.45) is 10.9. The summed E-state index contributed by atoms with van der Waals surface area (Å²) in [5.74, 6) is 0.124. The van der Waals surface area contributed by atoms with Crippen LogP contribution < -0.4 is 10.2 Å². The van der Waals surface area contributed by atoms with Crippen molar-refractivity contribution in [3.05, 3.63) is 71.6 Å². The Hall–Kier alpha value is -3.55. The number of amides is 2. The third-order valence-electron chi connectivity index (χ3n) is 5.90. The maximum atomic E-state index is 13.3. The van der Waals surface area contributed by atoms with Crippen molar-refractivity contribution in [3.63, 3.8) is 0 Å². The second-order valence-corrected chi connectivity index (χ2v) is 7.75. The molecule has 5 heterocycles. The van der Waals surface area contributed by atoms with Crippen LogP contribution in [0.2, 0.25) is 0 Å². The minimum Gasteiger partial charge on any atom is -0.352 e. The highest BCUT2D eigenvalue weighted by molar-refractivity contribution is 6.07. The molecule has 2 aliphatic rings. The number of fused-ring (bicyclic) bond motifs is 2. The van der Waals surface area contributed by atoms with Crippen molar-refractivity contribution < 1.29 is 9.59 Å². The van der Waals surface area contributed by atoms with Crippen LogP contribution in [0.1, 0.15) is 38.4 Å². The number of anilines is 1. The van der Waals surface area contributed by atoms with Gasteiger partial charge >= 0.3 is 0 Å². The van der Waals surface area contributed by atoms with Crippen LogP contribution in [0.15, 0.2) is 49.2 Å². The molecule has 8 nitrogen and oxygen atoms in total. The molecule has 0 bridgehead atoms. The molecule has 3 aromatic heterocycles. The van der Waals surface area contributed by atoms with Crippen molar-refractivity contribution in [1.29, 1.82) is 0 Å². The highest BCUT2D eigenvalue weighted by atomic mass is 16.2. The molecule has 0 fully saturated rings. The molecule has 0 aromatic carbocycles. The average molecular weight is 402 g/mol. The molecule has 8 heteroatoms. The second-order valence-electron chi connectivity index (χ2n) is 7.75. The lowest BCUT2D eigenvalue weighted by molar-refractivity contribution is 0.0941. The molecule has 0 radical (unpaired) electrons. The van der Waals surface area contributed by atoms with Gasteiger partial charge in [0.1, 0.15) is 0 Å². The van der Waals surface area contributed by atoms with E-state index in [2.05, 4.69) is 20.4 Å². The highest BCUT2D eigenvalue weighted by Crippen LogP contribution is 2.30. The summed E-state index contributed by atoms with van der Waals surface area (Å²) >= 11 is 0. The van der Waals surface area contributed by atoms with Gasteiger partial charge in [0.25, 0.3) is 11.8 Å². The van der Waals surface area contributed by atoms with Crippen molar-refractivity contribution >= 4 is 17.5 Å². The summed E-state index contributed by atoms with van der Waals surface area (Å²) in [5.41, 5.74) is 4.20. The van der Waals surface area contributed by atoms with Crippen LogP contribution >= 0.6 is 0 Å². The predicted octanol–water partition coefficient (Wildman–Crippen LogP) is 1.87. The zero-order chi connectivity index (χ0) is 20.5. The van der Waals surface area contributed by atoms with E-state index in [1.807, 2.05) is 21.8 Å². The lowest BCUT2D eigenvalue weighted by Crippen LogP contribution is -2.35. The van der Waals surface area contributed by atoms with Gasteiger partial charge in [-0.2, -0.15) is 5.10 Å². The average Bonchev–Trinajstić information content (AvgIpc) is 3.41. The van der Waals surface area contributed by atoms with Crippen molar-refractivity contribution in [1.82, 2.24) is 25.1 Å². The number of carbonyl (C=O) groups excluding carboxylic acids is 2. The van der Waals surface area contributed by atoms with E-state index in [0.29, 0.717) is 30.6 Å². The number of carbonyl (C=O) groups is 2. The molecule has 3 aromatic rings. The Labute approximate surface area is 173 Å². The molecular formula is C22H22N6O2. The summed E-state index contributed by atoms with van der Waals surface area (Å²) in [6.45, 7) is 1.97. The maximum Gasteiger partial charge on any atom is 0.261 e. The van der Waals surface area contributed by atoms with E-state index in [0.717, 1.165) is 36.3 Å². The molecule has 0 saturated heterocycles. The summed E-state index contributed by atoms with van der Waals surface area (Å²) in [5, 5.41) is 7.44. The van der Waals surface area contributed by atoms with E-state index in [9.17, 15) is 9.59 Å². The number of aryl methyl sites for hydroxylation is 1. The van der Waals surface area contributed by atoms with Crippen LogP contribution in [0, 0.1) is 5.92 Å². The molecule has 30 heavy (non-hydrogen) atoms. The molecular weight excluding hydrogens is 380 g/mol. The van der Waals surface area contributed by atoms with Crippen molar-refractivity contribution in [2.75, 3.05) is 18.0 Å². The SMILES string of the molecule is O=C(NC[C@@H]1CCn2ncc(C(=O)N3CCc4cnccc43)c2C1)c1cccnc1. The first-order chi connectivity index (χ1) is 14.7. The monoisotopic (exact) mass is 402 g/mol. The predicted molar refractivity (Wildman–Crippen MR) is 110 cm³/mol. The van der Waals surface area contributed by atoms with Gasteiger partial charge in [-0.3, -0.25) is 24.2 Å². The van der Waals surface area contributed by atoms with Gasteiger partial charge in [0, 0.05) is 44.4 Å². The first-order valence-corrected chi connectivity index (χ1v) is 10.2. The zero-order valence-electron chi connectivity index (χ0n) is 16.5. The van der Waals surface area contributed by atoms with Crippen LogP contribution in [-0.2, 0) is 19.4 Å². The van der Waals surface area contributed by atoms with Gasteiger partial charge in [0.2, 0.25) is 0 Å². The fourth-order valence-electron chi connectivity index (χ4n) is 4.27. The number of rotatable bonds is 4. The van der Waals surface area contributed by atoms with Gasteiger partial charge in [-0.25, -0.2) is 0 Å². The number of nitrogens with one attached hydrogen (secondary N) is 1. The van der Waals surface area contributed by atoms with E-state index in [1.165, 1.54) is 0 Å². The fraction of sp³-hybridized carbons (Fsp3) is 0.318. The molecule has 1 atom stereocenters. The van der Waals surface area contributed by atoms with E-state index >= 15 is 0 Å². The smallest absolute Gasteiger partial charge is 0.261 e. The van der Waals surface area contributed by atoms with E-state index in [1.54, 1.807) is 36.9 Å². The van der Waals surface area contributed by atoms with Crippen LogP contribution in [-0.4, -0.2) is 44.7 Å². The summed E-state index contributed by atoms with van der Waals surface area (Å²) in [7, 11) is 0. The number of nitrogens with zero attached hydrogens (tertiary/aromatic N) is 5. The standard InChI is InChI=1S/C22H22N6O2/c29-21(17-2-1-6-23-13-17)25-11-15-4-9-28-20(10-15)18(14-26-28)22(30)27-8-5-16-12-24-7-3-19(16)27/h1-3,6-7,12-15H,4-5,8-11H2,(H,25,29)/t15-/m1/s1. The molecule has 152 valence electrons. The number of aromatic nitrogens is 4. The fourth-order valence-corrected chi connectivity index (χ4v) is 4.27. The molecule has 0 aliphatic carbocycles. The van der Waals surface area contributed by atoms with Crippen LogP contribution in [0.3, 0.4) is 0 Å². The summed E-state index contributed by atoms with van der Waals surface area (Å²) in [6, 6.07) is 5.39. The number of hydrogen-bond donors (Lipinski definition) is 1. The van der Waals surface area contributed by atoms with E-state index in [4.69, 9.17) is 0 Å². The Balaban J connectivity index is 1.29. The minimum absolute atomic E-state index is 0.0127. The second kappa shape index (κ2) is 7.70. The van der Waals surface area contributed by atoms with Crippen molar-refractivity contribution in [2.45, 2.75) is 25.8 Å². The Morgan fingerprint density at radius 1 is 1.10 bits per heavy atom. The van der Waals surface area contributed by atoms with Crippen LogP contribution in [0.4, 0.5) is 5.69 Å². The maximum absolute atomic E-state index is 13.3. The van der Waals surface area contributed by atoms with Crippen LogP contribution in [0.5, 0.6) is 0 Å². The van der Waals surface area contributed by atoms with Gasteiger partial charge in [-0.05, 0) is 48.9 Å². The molecule has 0 saturated carbocycles. The van der Waals surface area contributed by atoms with Gasteiger partial charge < -0.3 is 10.2 Å². The molecule has 0 spiro atoms. The van der Waals surface area contributed by atoms with Gasteiger partial charge in [-0.1, -0.05) is 0 Å². The third kappa shape index (κ3) is 3.34. The third-order valence-corrected chi connectivity index (χ3v) is 5.90. The molecule has 2 aliphatic heterocycles. The minimum atomic E-state index is -0.124. The summed E-state index contributed by atoms with van der Waals surface area (Å²) < 4.78 is 1.93. The van der Waals surface area contributed by atoms with Gasteiger partial charge in [0.15, 0.2) is 0 Å². The van der Waals surface area contributed by atoms with Crippen molar-refractivity contribution in [3.8, 4) is 0 Å². The largest absolute Gasteiger partial charge is 0.352 e. The summed E-state index contributed by atoms with van der Waals surface area (Å²) in [4.78, 5) is 35.6. The van der Waals surface area contributed by atoms with Crippen LogP contribution in [0.25, 0.3) is 0 Å². The lowest BCUT2D eigenvalue weighted by atomic mass is 9.94. The Morgan fingerprint density at radius 3 is 2.87 bits per heavy atom. The lowest BCUT2D eigenvalue weighted by Gasteiger charge is -2.25. The molecule has 5 rings (SSSR count). The number of hydrogen-bond acceptors (Lipinski definition) is 5. The Kier molecular flexibility index (Phi) is 4.74. The van der Waals surface area contributed by atoms with E-state index in [-0.39, 0.29) is 17.7 Å². The van der Waals surface area contributed by atoms with Crippen molar-refractivity contribution in [2.24, 2.45) is 5.92 Å². The first kappa shape index (κ1) is 18.5. The number of pyridine rings is 2. The molecule has 2 amide bonds. The van der Waals surface area contributed by atoms with Gasteiger partial charge in [-0.15, -0.1) is 0 Å². The normalized spacial score (nSPS) is 17.3. The van der Waals surface area contributed by atoms with Gasteiger partial charge in [0.05, 0.1) is 28.7 Å². The Morgan fingerprint density at radius 2 is 2.00 bits per heavy atom. The molecule has 1 N–H and O–H groups in total. The molecule has 0 unspecified atom stereocenters. The first-order valence-electron chi connectivity index (χ1n) is 10.2. The quantitative estimate of drug-likeness (QED) is 0.719.